The second kappa shape index (κ2) is 5.68. The lowest BCUT2D eigenvalue weighted by atomic mass is 10.1. The Labute approximate surface area is 96.6 Å². The number of likely N-dealkylation sites (N-methyl/N-ethyl adjacent to an activating group) is 1. The number of nitrogens with zero attached hydrogens (tertiary/aromatic N) is 2. The lowest BCUT2D eigenvalue weighted by Crippen LogP contribution is -2.29. The first-order valence-electron chi connectivity index (χ1n) is 5.72. The van der Waals surface area contributed by atoms with E-state index < -0.39 is 0 Å². The average Bonchev–Trinajstić information content (AvgIpc) is 2.57. The molecule has 0 fully saturated rings. The topological polar surface area (TPSA) is 46.3 Å². The Morgan fingerprint density at radius 1 is 1.44 bits per heavy atom. The molecule has 1 aromatic rings. The highest BCUT2D eigenvalue weighted by Gasteiger charge is 2.15. The third kappa shape index (κ3) is 3.08. The van der Waals surface area contributed by atoms with Gasteiger partial charge in [0.25, 0.3) is 0 Å². The van der Waals surface area contributed by atoms with E-state index in [4.69, 9.17) is 4.52 Å². The van der Waals surface area contributed by atoms with Crippen molar-refractivity contribution in [3.8, 4) is 0 Å². The van der Waals surface area contributed by atoms with Crippen LogP contribution in [-0.4, -0.2) is 29.6 Å². The van der Waals surface area contributed by atoms with Crippen LogP contribution < -0.4 is 0 Å². The molecule has 1 aromatic heterocycles. The fraction of sp³-hybridized carbons (Fsp3) is 0.667. The van der Waals surface area contributed by atoms with E-state index in [2.05, 4.69) is 12.1 Å². The number of unbranched alkanes of at least 4 members (excludes halogenated alkanes) is 1. The fourth-order valence-corrected chi connectivity index (χ4v) is 1.56. The van der Waals surface area contributed by atoms with E-state index in [0.717, 1.165) is 36.4 Å². The standard InChI is InChI=1S/C12H20N2O2/c1-5-6-7-14(4)12(15)8-11-9(2)13-16-10(11)3/h5-8H2,1-4H3. The molecule has 90 valence electrons. The predicted octanol–water partition coefficient (Wildman–Crippen LogP) is 2.09. The van der Waals surface area contributed by atoms with Gasteiger partial charge in [-0.15, -0.1) is 0 Å². The lowest BCUT2D eigenvalue weighted by molar-refractivity contribution is -0.129. The maximum atomic E-state index is 11.9. The van der Waals surface area contributed by atoms with Crippen LogP contribution in [0.4, 0.5) is 0 Å². The number of rotatable bonds is 5. The van der Waals surface area contributed by atoms with Crippen molar-refractivity contribution in [2.75, 3.05) is 13.6 Å². The monoisotopic (exact) mass is 224 g/mol. The number of aryl methyl sites for hydroxylation is 2. The predicted molar refractivity (Wildman–Crippen MR) is 62.2 cm³/mol. The molecule has 0 aromatic carbocycles. The van der Waals surface area contributed by atoms with Gasteiger partial charge in [0.15, 0.2) is 0 Å². The summed E-state index contributed by atoms with van der Waals surface area (Å²) in [4.78, 5) is 13.7. The SMILES string of the molecule is CCCCN(C)C(=O)Cc1c(C)noc1C. The largest absolute Gasteiger partial charge is 0.361 e. The van der Waals surface area contributed by atoms with E-state index in [9.17, 15) is 4.79 Å². The zero-order valence-electron chi connectivity index (χ0n) is 10.5. The normalized spacial score (nSPS) is 10.5. The maximum Gasteiger partial charge on any atom is 0.226 e. The zero-order chi connectivity index (χ0) is 12.1. The second-order valence-electron chi connectivity index (χ2n) is 4.15. The Morgan fingerprint density at radius 3 is 2.62 bits per heavy atom. The molecular weight excluding hydrogens is 204 g/mol. The molecule has 0 spiro atoms. The first kappa shape index (κ1) is 12.7. The van der Waals surface area contributed by atoms with Crippen molar-refractivity contribution in [1.82, 2.24) is 10.1 Å². The van der Waals surface area contributed by atoms with Crippen molar-refractivity contribution >= 4 is 5.91 Å². The van der Waals surface area contributed by atoms with E-state index in [0.29, 0.717) is 6.42 Å². The van der Waals surface area contributed by atoms with Crippen LogP contribution in [0.3, 0.4) is 0 Å². The Hall–Kier alpha value is -1.32. The van der Waals surface area contributed by atoms with E-state index in [1.54, 1.807) is 4.90 Å². The molecule has 0 N–H and O–H groups in total. The third-order valence-corrected chi connectivity index (χ3v) is 2.78. The van der Waals surface area contributed by atoms with Gasteiger partial charge in [-0.05, 0) is 20.3 Å². The molecule has 0 aliphatic carbocycles. The lowest BCUT2D eigenvalue weighted by Gasteiger charge is -2.16. The van der Waals surface area contributed by atoms with E-state index in [-0.39, 0.29) is 5.91 Å². The Morgan fingerprint density at radius 2 is 2.12 bits per heavy atom. The van der Waals surface area contributed by atoms with Gasteiger partial charge in [-0.2, -0.15) is 0 Å². The minimum Gasteiger partial charge on any atom is -0.361 e. The smallest absolute Gasteiger partial charge is 0.226 e. The van der Waals surface area contributed by atoms with Gasteiger partial charge in [0.2, 0.25) is 5.91 Å². The van der Waals surface area contributed by atoms with Crippen LogP contribution in [-0.2, 0) is 11.2 Å². The Balaban J connectivity index is 2.57. The third-order valence-electron chi connectivity index (χ3n) is 2.78. The van der Waals surface area contributed by atoms with Gasteiger partial charge in [-0.1, -0.05) is 18.5 Å². The van der Waals surface area contributed by atoms with Gasteiger partial charge in [-0.25, -0.2) is 0 Å². The van der Waals surface area contributed by atoms with Crippen LogP contribution in [0.15, 0.2) is 4.52 Å². The Kier molecular flexibility index (Phi) is 4.52. The molecular formula is C12H20N2O2. The van der Waals surface area contributed by atoms with Gasteiger partial charge in [0, 0.05) is 19.2 Å². The molecule has 0 radical (unpaired) electrons. The molecule has 0 aliphatic rings. The summed E-state index contributed by atoms with van der Waals surface area (Å²) in [6, 6.07) is 0. The molecule has 0 atom stereocenters. The first-order valence-corrected chi connectivity index (χ1v) is 5.72. The number of hydrogen-bond donors (Lipinski definition) is 0. The van der Waals surface area contributed by atoms with Crippen LogP contribution >= 0.6 is 0 Å². The van der Waals surface area contributed by atoms with Crippen LogP contribution in [0.25, 0.3) is 0 Å². The number of carbonyl (C=O) groups is 1. The molecule has 1 rings (SSSR count). The molecule has 16 heavy (non-hydrogen) atoms. The maximum absolute atomic E-state index is 11.9. The van der Waals surface area contributed by atoms with Crippen molar-refractivity contribution in [2.24, 2.45) is 0 Å². The highest BCUT2D eigenvalue weighted by molar-refractivity contribution is 5.78. The number of aromatic nitrogens is 1. The molecule has 1 heterocycles. The molecule has 4 nitrogen and oxygen atoms in total. The zero-order valence-corrected chi connectivity index (χ0v) is 10.5. The number of amides is 1. The molecule has 0 aliphatic heterocycles. The van der Waals surface area contributed by atoms with E-state index >= 15 is 0 Å². The quantitative estimate of drug-likeness (QED) is 0.769. The van der Waals surface area contributed by atoms with Gasteiger partial charge in [0.05, 0.1) is 12.1 Å². The summed E-state index contributed by atoms with van der Waals surface area (Å²) in [5.74, 6) is 0.873. The van der Waals surface area contributed by atoms with Crippen molar-refractivity contribution in [2.45, 2.75) is 40.0 Å². The summed E-state index contributed by atoms with van der Waals surface area (Å²) < 4.78 is 5.04. The highest BCUT2D eigenvalue weighted by Crippen LogP contribution is 2.13. The van der Waals surface area contributed by atoms with Gasteiger partial charge < -0.3 is 9.42 Å². The van der Waals surface area contributed by atoms with Gasteiger partial charge in [0.1, 0.15) is 5.76 Å². The summed E-state index contributed by atoms with van der Waals surface area (Å²) in [6.45, 7) is 6.64. The number of carbonyl (C=O) groups excluding carboxylic acids is 1. The Bertz CT molecular complexity index is 338. The average molecular weight is 224 g/mol. The van der Waals surface area contributed by atoms with Gasteiger partial charge in [-0.3, -0.25) is 4.79 Å². The van der Waals surface area contributed by atoms with E-state index in [1.165, 1.54) is 0 Å². The van der Waals surface area contributed by atoms with Crippen LogP contribution in [0, 0.1) is 13.8 Å². The van der Waals surface area contributed by atoms with Crippen molar-refractivity contribution in [3.05, 3.63) is 17.0 Å². The number of hydrogen-bond acceptors (Lipinski definition) is 3. The summed E-state index contributed by atoms with van der Waals surface area (Å²) >= 11 is 0. The molecule has 0 saturated carbocycles. The van der Waals surface area contributed by atoms with Crippen LogP contribution in [0.1, 0.15) is 36.8 Å². The summed E-state index contributed by atoms with van der Waals surface area (Å²) in [7, 11) is 1.84. The summed E-state index contributed by atoms with van der Waals surface area (Å²) in [5.41, 5.74) is 1.74. The summed E-state index contributed by atoms with van der Waals surface area (Å²) in [6.07, 6.45) is 2.54. The molecule has 4 heteroatoms. The second-order valence-corrected chi connectivity index (χ2v) is 4.15. The highest BCUT2D eigenvalue weighted by atomic mass is 16.5. The minimum atomic E-state index is 0.128. The van der Waals surface area contributed by atoms with Crippen molar-refractivity contribution < 1.29 is 9.32 Å². The minimum absolute atomic E-state index is 0.128. The summed E-state index contributed by atoms with van der Waals surface area (Å²) in [5, 5.41) is 3.84. The van der Waals surface area contributed by atoms with Crippen molar-refractivity contribution in [3.63, 3.8) is 0 Å². The van der Waals surface area contributed by atoms with Crippen molar-refractivity contribution in [1.29, 1.82) is 0 Å². The van der Waals surface area contributed by atoms with E-state index in [1.807, 2.05) is 20.9 Å². The molecule has 0 saturated heterocycles. The molecule has 0 unspecified atom stereocenters. The molecule has 0 bridgehead atoms. The first-order chi connectivity index (χ1) is 7.56. The van der Waals surface area contributed by atoms with Crippen LogP contribution in [0.5, 0.6) is 0 Å². The molecule has 1 amide bonds. The van der Waals surface area contributed by atoms with Gasteiger partial charge >= 0.3 is 0 Å². The fourth-order valence-electron chi connectivity index (χ4n) is 1.56. The van der Waals surface area contributed by atoms with Crippen LogP contribution in [0.2, 0.25) is 0 Å².